The van der Waals surface area contributed by atoms with Crippen LogP contribution >= 0.6 is 11.3 Å². The molecule has 1 aromatic heterocycles. The molecule has 7 nitrogen and oxygen atoms in total. The summed E-state index contributed by atoms with van der Waals surface area (Å²) < 4.78 is 39.4. The molecule has 0 saturated carbocycles. The minimum Gasteiger partial charge on any atom is -0.343 e. The van der Waals surface area contributed by atoms with Gasteiger partial charge in [-0.3, -0.25) is 25.2 Å². The average Bonchev–Trinajstić information content (AvgIpc) is 3.19. The van der Waals surface area contributed by atoms with Gasteiger partial charge in [-0.05, 0) is 36.4 Å². The molecule has 0 bridgehead atoms. The molecular formula is C20H15F3N4O3S. The van der Waals surface area contributed by atoms with Crippen LogP contribution in [0.1, 0.15) is 16.1 Å². The second-order valence-electron chi connectivity index (χ2n) is 6.23. The summed E-state index contributed by atoms with van der Waals surface area (Å²) in [6.45, 7) is -0.540. The van der Waals surface area contributed by atoms with Gasteiger partial charge in [-0.15, -0.1) is 11.3 Å². The van der Waals surface area contributed by atoms with Crippen molar-refractivity contribution >= 4 is 29.1 Å². The molecule has 2 aromatic carbocycles. The number of hydrogen-bond donors (Lipinski definition) is 3. The molecule has 0 radical (unpaired) electrons. The van der Waals surface area contributed by atoms with Crippen molar-refractivity contribution in [2.45, 2.75) is 6.42 Å². The van der Waals surface area contributed by atoms with E-state index in [-0.39, 0.29) is 12.2 Å². The zero-order chi connectivity index (χ0) is 22.4. The highest BCUT2D eigenvalue weighted by molar-refractivity contribution is 7.13. The Balaban J connectivity index is 1.43. The van der Waals surface area contributed by atoms with Gasteiger partial charge in [0.1, 0.15) is 22.5 Å². The molecule has 0 aliphatic rings. The van der Waals surface area contributed by atoms with Crippen LogP contribution in [-0.2, 0) is 16.0 Å². The summed E-state index contributed by atoms with van der Waals surface area (Å²) in [5.74, 6) is -4.48. The third-order valence-electron chi connectivity index (χ3n) is 3.91. The molecule has 3 aromatic rings. The molecule has 31 heavy (non-hydrogen) atoms. The van der Waals surface area contributed by atoms with E-state index < -0.39 is 41.5 Å². The maximum atomic E-state index is 13.5. The van der Waals surface area contributed by atoms with E-state index in [0.717, 1.165) is 12.1 Å². The fourth-order valence-electron chi connectivity index (χ4n) is 2.43. The van der Waals surface area contributed by atoms with Crippen LogP contribution in [0.2, 0.25) is 0 Å². The zero-order valence-corrected chi connectivity index (χ0v) is 16.6. The van der Waals surface area contributed by atoms with Crippen molar-refractivity contribution in [2.24, 2.45) is 0 Å². The van der Waals surface area contributed by atoms with Crippen LogP contribution < -0.4 is 16.2 Å². The Hall–Kier alpha value is -3.73. The van der Waals surface area contributed by atoms with Crippen molar-refractivity contribution < 1.29 is 27.6 Å². The van der Waals surface area contributed by atoms with Gasteiger partial charge in [0.2, 0.25) is 5.91 Å². The topological polar surface area (TPSA) is 100 Å². The van der Waals surface area contributed by atoms with E-state index in [4.69, 9.17) is 0 Å². The van der Waals surface area contributed by atoms with Crippen LogP contribution in [-0.4, -0.2) is 29.3 Å². The van der Waals surface area contributed by atoms with E-state index in [1.165, 1.54) is 23.5 Å². The summed E-state index contributed by atoms with van der Waals surface area (Å²) >= 11 is 1.28. The molecule has 11 heteroatoms. The SMILES string of the molecule is O=C(CNC(=O)c1ccc(F)cc1F)NNC(=O)Cc1csc(-c2ccc(F)cc2)n1. The molecule has 3 amide bonds. The summed E-state index contributed by atoms with van der Waals surface area (Å²) in [5.41, 5.74) is 5.02. The zero-order valence-electron chi connectivity index (χ0n) is 15.7. The molecular weight excluding hydrogens is 433 g/mol. The average molecular weight is 448 g/mol. The lowest BCUT2D eigenvalue weighted by molar-refractivity contribution is -0.128. The highest BCUT2D eigenvalue weighted by Gasteiger charge is 2.14. The minimum absolute atomic E-state index is 0.120. The Morgan fingerprint density at radius 2 is 1.58 bits per heavy atom. The third kappa shape index (κ3) is 6.12. The number of benzene rings is 2. The van der Waals surface area contributed by atoms with Gasteiger partial charge in [-0.1, -0.05) is 0 Å². The van der Waals surface area contributed by atoms with Gasteiger partial charge in [0.05, 0.1) is 24.2 Å². The molecule has 0 atom stereocenters. The number of hydrogen-bond acceptors (Lipinski definition) is 5. The van der Waals surface area contributed by atoms with Gasteiger partial charge in [-0.25, -0.2) is 18.2 Å². The summed E-state index contributed by atoms with van der Waals surface area (Å²) in [4.78, 5) is 39.8. The van der Waals surface area contributed by atoms with Crippen molar-refractivity contribution in [2.75, 3.05) is 6.54 Å². The smallest absolute Gasteiger partial charge is 0.257 e. The first-order valence-corrected chi connectivity index (χ1v) is 9.71. The molecule has 0 spiro atoms. The van der Waals surface area contributed by atoms with Crippen molar-refractivity contribution in [3.05, 3.63) is 76.6 Å². The van der Waals surface area contributed by atoms with Gasteiger partial charge in [0, 0.05) is 17.0 Å². The number of rotatable bonds is 6. The quantitative estimate of drug-likeness (QED) is 0.504. The lowest BCUT2D eigenvalue weighted by Crippen LogP contribution is -2.46. The predicted molar refractivity (Wildman–Crippen MR) is 106 cm³/mol. The van der Waals surface area contributed by atoms with Crippen LogP contribution in [0.3, 0.4) is 0 Å². The molecule has 0 unspecified atom stereocenters. The second-order valence-corrected chi connectivity index (χ2v) is 7.09. The Kier molecular flexibility index (Phi) is 6.98. The lowest BCUT2D eigenvalue weighted by Gasteiger charge is -2.08. The van der Waals surface area contributed by atoms with Gasteiger partial charge < -0.3 is 5.32 Å². The normalized spacial score (nSPS) is 10.4. The third-order valence-corrected chi connectivity index (χ3v) is 4.85. The number of halogens is 3. The fraction of sp³-hybridized carbons (Fsp3) is 0.100. The van der Waals surface area contributed by atoms with Crippen molar-refractivity contribution in [3.8, 4) is 10.6 Å². The van der Waals surface area contributed by atoms with E-state index in [9.17, 15) is 27.6 Å². The number of aromatic nitrogens is 1. The summed E-state index contributed by atoms with van der Waals surface area (Å²) in [7, 11) is 0. The number of thiazole rings is 1. The lowest BCUT2D eigenvalue weighted by atomic mass is 10.2. The fourth-order valence-corrected chi connectivity index (χ4v) is 3.26. The molecule has 1 heterocycles. The summed E-state index contributed by atoms with van der Waals surface area (Å²) in [5, 5.41) is 4.43. The van der Waals surface area contributed by atoms with E-state index in [2.05, 4.69) is 21.2 Å². The first-order chi connectivity index (χ1) is 14.8. The summed E-state index contributed by atoms with van der Waals surface area (Å²) in [6.07, 6.45) is -0.120. The Labute approximate surface area is 178 Å². The number of carbonyl (C=O) groups is 3. The van der Waals surface area contributed by atoms with Crippen molar-refractivity contribution in [1.29, 1.82) is 0 Å². The van der Waals surface area contributed by atoms with Crippen LogP contribution in [0.15, 0.2) is 47.8 Å². The van der Waals surface area contributed by atoms with Gasteiger partial charge in [0.15, 0.2) is 0 Å². The van der Waals surface area contributed by atoms with Gasteiger partial charge in [0.25, 0.3) is 11.8 Å². The molecule has 0 fully saturated rings. The predicted octanol–water partition coefficient (Wildman–Crippen LogP) is 2.35. The maximum Gasteiger partial charge on any atom is 0.257 e. The van der Waals surface area contributed by atoms with Crippen molar-refractivity contribution in [1.82, 2.24) is 21.2 Å². The van der Waals surface area contributed by atoms with Crippen LogP contribution in [0.25, 0.3) is 10.6 Å². The number of hydrazine groups is 1. The number of amides is 3. The van der Waals surface area contributed by atoms with E-state index in [1.54, 1.807) is 17.5 Å². The van der Waals surface area contributed by atoms with Crippen LogP contribution in [0.5, 0.6) is 0 Å². The largest absolute Gasteiger partial charge is 0.343 e. The van der Waals surface area contributed by atoms with E-state index in [0.29, 0.717) is 22.3 Å². The standard InChI is InChI=1S/C20H15F3N4O3S/c21-12-3-1-11(2-4-12)20-25-14(10-31-20)8-17(28)26-27-18(29)9-24-19(30)15-6-5-13(22)7-16(15)23/h1-7,10H,8-9H2,(H,24,30)(H,26,28)(H,27,29). The number of nitrogens with zero attached hydrogens (tertiary/aromatic N) is 1. The van der Waals surface area contributed by atoms with Crippen LogP contribution in [0, 0.1) is 17.5 Å². The molecule has 0 aliphatic heterocycles. The highest BCUT2D eigenvalue weighted by atomic mass is 32.1. The second kappa shape index (κ2) is 9.85. The maximum absolute atomic E-state index is 13.5. The summed E-state index contributed by atoms with van der Waals surface area (Å²) in [6, 6.07) is 8.18. The molecule has 3 rings (SSSR count). The molecule has 3 N–H and O–H groups in total. The first-order valence-electron chi connectivity index (χ1n) is 8.83. The van der Waals surface area contributed by atoms with E-state index in [1.807, 2.05) is 0 Å². The van der Waals surface area contributed by atoms with Crippen LogP contribution in [0.4, 0.5) is 13.2 Å². The molecule has 160 valence electrons. The van der Waals surface area contributed by atoms with E-state index >= 15 is 0 Å². The Morgan fingerprint density at radius 1 is 0.903 bits per heavy atom. The minimum atomic E-state index is -1.06. The number of carbonyl (C=O) groups excluding carboxylic acids is 3. The number of nitrogens with one attached hydrogen (secondary N) is 3. The molecule has 0 aliphatic carbocycles. The van der Waals surface area contributed by atoms with Gasteiger partial charge in [-0.2, -0.15) is 0 Å². The molecule has 0 saturated heterocycles. The first kappa shape index (κ1) is 22.0. The monoisotopic (exact) mass is 448 g/mol. The van der Waals surface area contributed by atoms with Gasteiger partial charge >= 0.3 is 0 Å². The highest BCUT2D eigenvalue weighted by Crippen LogP contribution is 2.24. The Morgan fingerprint density at radius 3 is 2.29 bits per heavy atom. The Bertz CT molecular complexity index is 1120. The van der Waals surface area contributed by atoms with Crippen molar-refractivity contribution in [3.63, 3.8) is 0 Å².